The molecule has 2 bridgehead atoms. The third-order valence-corrected chi connectivity index (χ3v) is 7.22. The molecule has 0 radical (unpaired) electrons. The van der Waals surface area contributed by atoms with Crippen molar-refractivity contribution in [3.8, 4) is 0 Å². The molecule has 3 rings (SSSR count). The molecule has 128 valence electrons. The lowest BCUT2D eigenvalue weighted by Gasteiger charge is -2.51. The van der Waals surface area contributed by atoms with E-state index in [2.05, 4.69) is 25.8 Å². The number of allylic oxidation sites excluding steroid dienone is 2. The normalized spacial score (nSPS) is 34.7. The number of carbonyl (C=O) groups is 1. The van der Waals surface area contributed by atoms with Crippen molar-refractivity contribution in [2.75, 3.05) is 6.54 Å². The molecule has 3 unspecified atom stereocenters. The number of hydrogen-bond donors (Lipinski definition) is 2. The van der Waals surface area contributed by atoms with E-state index in [1.54, 1.807) is 0 Å². The fourth-order valence-corrected chi connectivity index (χ4v) is 5.87. The van der Waals surface area contributed by atoms with Gasteiger partial charge in [-0.15, -0.1) is 0 Å². The number of fused-ring (bicyclic) bond motifs is 1. The average Bonchev–Trinajstić information content (AvgIpc) is 2.79. The molecule has 2 saturated carbocycles. The Labute approximate surface area is 139 Å². The highest BCUT2D eigenvalue weighted by atomic mass is 16.1. The second kappa shape index (κ2) is 5.64. The molecule has 0 heterocycles. The summed E-state index contributed by atoms with van der Waals surface area (Å²) in [5, 5.41) is 0. The van der Waals surface area contributed by atoms with E-state index in [4.69, 9.17) is 11.5 Å². The predicted molar refractivity (Wildman–Crippen MR) is 93.9 cm³/mol. The molecule has 2 fully saturated rings. The fraction of sp³-hybridized carbons (Fsp3) is 0.789. The fourth-order valence-electron chi connectivity index (χ4n) is 5.87. The zero-order chi connectivity index (χ0) is 16.8. The van der Waals surface area contributed by atoms with E-state index in [1.165, 1.54) is 24.0 Å². The molecule has 0 aromatic rings. The molecule has 0 amide bonds. The predicted octanol–water partition coefficient (Wildman–Crippen LogP) is 3.16. The van der Waals surface area contributed by atoms with Crippen molar-refractivity contribution >= 4 is 11.7 Å². The molecule has 0 aromatic heterocycles. The summed E-state index contributed by atoms with van der Waals surface area (Å²) in [6.45, 7) is 7.86. The van der Waals surface area contributed by atoms with E-state index < -0.39 is 0 Å². The molecular formula is C19H31N3O. The van der Waals surface area contributed by atoms with Crippen molar-refractivity contribution in [2.24, 2.45) is 39.1 Å². The van der Waals surface area contributed by atoms with E-state index in [9.17, 15) is 4.79 Å². The maximum absolute atomic E-state index is 12.8. The van der Waals surface area contributed by atoms with Crippen molar-refractivity contribution in [1.82, 2.24) is 0 Å². The highest BCUT2D eigenvalue weighted by Crippen LogP contribution is 2.72. The summed E-state index contributed by atoms with van der Waals surface area (Å²) in [5.74, 6) is 1.97. The number of guanidine groups is 1. The van der Waals surface area contributed by atoms with Gasteiger partial charge in [-0.1, -0.05) is 26.3 Å². The first-order valence-electron chi connectivity index (χ1n) is 9.11. The first-order valence-corrected chi connectivity index (χ1v) is 9.11. The topological polar surface area (TPSA) is 81.5 Å². The van der Waals surface area contributed by atoms with Gasteiger partial charge >= 0.3 is 0 Å². The van der Waals surface area contributed by atoms with Crippen LogP contribution in [0.2, 0.25) is 0 Å². The maximum Gasteiger partial charge on any atom is 0.185 e. The number of ketones is 1. The van der Waals surface area contributed by atoms with Crippen molar-refractivity contribution in [2.45, 2.75) is 65.7 Å². The number of nitrogens with two attached hydrogens (primary N) is 2. The number of nitrogens with zero attached hydrogens (tertiary/aromatic N) is 1. The molecule has 4 N–H and O–H groups in total. The van der Waals surface area contributed by atoms with Gasteiger partial charge in [0.1, 0.15) is 0 Å². The Kier molecular flexibility index (Phi) is 4.06. The van der Waals surface area contributed by atoms with Crippen LogP contribution in [0.4, 0.5) is 0 Å². The van der Waals surface area contributed by atoms with E-state index in [1.807, 2.05) is 0 Å². The molecule has 3 aliphatic carbocycles. The lowest BCUT2D eigenvalue weighted by molar-refractivity contribution is -0.119. The number of carbonyl (C=O) groups excluding carboxylic acids is 1. The van der Waals surface area contributed by atoms with Gasteiger partial charge in [0.2, 0.25) is 0 Å². The molecule has 4 heteroatoms. The SMILES string of the molecule is CC1CCC2CC3=C(CCCCN=C(N)N)C(=O)CC31C2(C)C. The average molecular weight is 317 g/mol. The van der Waals surface area contributed by atoms with Gasteiger partial charge in [0.05, 0.1) is 0 Å². The van der Waals surface area contributed by atoms with E-state index in [-0.39, 0.29) is 16.8 Å². The molecule has 0 aliphatic heterocycles. The van der Waals surface area contributed by atoms with Crippen LogP contribution < -0.4 is 11.5 Å². The Morgan fingerprint density at radius 3 is 2.70 bits per heavy atom. The summed E-state index contributed by atoms with van der Waals surface area (Å²) >= 11 is 0. The highest BCUT2D eigenvalue weighted by molar-refractivity contribution is 6.00. The van der Waals surface area contributed by atoms with Gasteiger partial charge < -0.3 is 11.5 Å². The number of rotatable bonds is 5. The smallest absolute Gasteiger partial charge is 0.185 e. The van der Waals surface area contributed by atoms with Gasteiger partial charge in [-0.25, -0.2) is 0 Å². The minimum absolute atomic E-state index is 0.155. The monoisotopic (exact) mass is 317 g/mol. The molecule has 3 atom stereocenters. The maximum atomic E-state index is 12.8. The summed E-state index contributed by atoms with van der Waals surface area (Å²) in [6.07, 6.45) is 7.37. The summed E-state index contributed by atoms with van der Waals surface area (Å²) < 4.78 is 0. The highest BCUT2D eigenvalue weighted by Gasteiger charge is 2.65. The van der Waals surface area contributed by atoms with Crippen molar-refractivity contribution in [3.63, 3.8) is 0 Å². The van der Waals surface area contributed by atoms with Crippen LogP contribution in [0, 0.1) is 22.7 Å². The van der Waals surface area contributed by atoms with Crippen LogP contribution in [0.3, 0.4) is 0 Å². The van der Waals surface area contributed by atoms with E-state index in [0.29, 0.717) is 18.2 Å². The van der Waals surface area contributed by atoms with Crippen LogP contribution in [0.1, 0.15) is 65.7 Å². The van der Waals surface area contributed by atoms with E-state index in [0.717, 1.165) is 38.0 Å². The number of aliphatic imine (C=N–C) groups is 1. The van der Waals surface area contributed by atoms with Gasteiger partial charge in [-0.3, -0.25) is 9.79 Å². The van der Waals surface area contributed by atoms with Crippen LogP contribution in [0.5, 0.6) is 0 Å². The Morgan fingerprint density at radius 1 is 1.26 bits per heavy atom. The Bertz CT molecular complexity index is 571. The summed E-state index contributed by atoms with van der Waals surface area (Å²) in [4.78, 5) is 16.8. The lowest BCUT2D eigenvalue weighted by atomic mass is 9.53. The molecule has 1 spiro atoms. The third-order valence-electron chi connectivity index (χ3n) is 7.22. The standard InChI is InChI=1S/C19H31N3O/c1-12-7-8-13-10-15-14(6-4-5-9-22-17(20)21)16(23)11-19(12,15)18(13,2)3/h12-13H,4-11H2,1-3H3,(H4,20,21,22). The van der Waals surface area contributed by atoms with Crippen LogP contribution in [0.25, 0.3) is 0 Å². The van der Waals surface area contributed by atoms with E-state index >= 15 is 0 Å². The van der Waals surface area contributed by atoms with Crippen LogP contribution in [-0.4, -0.2) is 18.3 Å². The minimum atomic E-state index is 0.155. The quantitative estimate of drug-likeness (QED) is 0.464. The molecule has 23 heavy (non-hydrogen) atoms. The largest absolute Gasteiger partial charge is 0.370 e. The summed E-state index contributed by atoms with van der Waals surface area (Å²) in [6, 6.07) is 0. The van der Waals surface area contributed by atoms with Crippen LogP contribution in [-0.2, 0) is 4.79 Å². The number of Topliss-reactive ketones (excluding diaryl/α,β-unsaturated/α-hetero) is 1. The van der Waals surface area contributed by atoms with Crippen LogP contribution in [0.15, 0.2) is 16.1 Å². The molecule has 0 aromatic carbocycles. The zero-order valence-electron chi connectivity index (χ0n) is 14.8. The van der Waals surface area contributed by atoms with Crippen LogP contribution >= 0.6 is 0 Å². The van der Waals surface area contributed by atoms with Crippen molar-refractivity contribution in [1.29, 1.82) is 0 Å². The first-order chi connectivity index (χ1) is 10.8. The van der Waals surface area contributed by atoms with Crippen molar-refractivity contribution < 1.29 is 4.79 Å². The van der Waals surface area contributed by atoms with Gasteiger partial charge in [-0.2, -0.15) is 0 Å². The van der Waals surface area contributed by atoms with Gasteiger partial charge in [0.25, 0.3) is 0 Å². The molecule has 0 saturated heterocycles. The Morgan fingerprint density at radius 2 is 2.00 bits per heavy atom. The second-order valence-corrected chi connectivity index (χ2v) is 8.39. The second-order valence-electron chi connectivity index (χ2n) is 8.39. The van der Waals surface area contributed by atoms with Gasteiger partial charge in [0.15, 0.2) is 11.7 Å². The molecule has 3 aliphatic rings. The Balaban J connectivity index is 1.79. The summed E-state index contributed by atoms with van der Waals surface area (Å²) in [7, 11) is 0. The lowest BCUT2D eigenvalue weighted by Crippen LogP contribution is -2.45. The molecule has 4 nitrogen and oxygen atoms in total. The van der Waals surface area contributed by atoms with Crippen molar-refractivity contribution in [3.05, 3.63) is 11.1 Å². The zero-order valence-corrected chi connectivity index (χ0v) is 14.8. The summed E-state index contributed by atoms with van der Waals surface area (Å²) in [5.41, 5.74) is 13.8. The first kappa shape index (κ1) is 16.5. The molecular weight excluding hydrogens is 286 g/mol. The Hall–Kier alpha value is -1.32. The minimum Gasteiger partial charge on any atom is -0.370 e. The number of unbranched alkanes of at least 4 members (excludes halogenated alkanes) is 1. The number of hydrogen-bond acceptors (Lipinski definition) is 2. The van der Waals surface area contributed by atoms with Gasteiger partial charge in [0, 0.05) is 18.4 Å². The van der Waals surface area contributed by atoms with Gasteiger partial charge in [-0.05, 0) is 61.3 Å². The third kappa shape index (κ3) is 2.33.